The summed E-state index contributed by atoms with van der Waals surface area (Å²) in [6, 6.07) is 2.98. The second kappa shape index (κ2) is 4.30. The van der Waals surface area contributed by atoms with Crippen LogP contribution in [-0.2, 0) is 0 Å². The number of hydrogen-bond acceptors (Lipinski definition) is 5. The van der Waals surface area contributed by atoms with E-state index in [1.807, 2.05) is 0 Å². The fourth-order valence-electron chi connectivity index (χ4n) is 1.73. The molecule has 8 heteroatoms. The first kappa shape index (κ1) is 11.6. The summed E-state index contributed by atoms with van der Waals surface area (Å²) < 4.78 is 2.03. The highest BCUT2D eigenvalue weighted by atomic mass is 16.2. The number of amides is 1. The van der Waals surface area contributed by atoms with Crippen molar-refractivity contribution in [2.45, 2.75) is 18.9 Å². The Balaban J connectivity index is 1.90. The van der Waals surface area contributed by atoms with E-state index in [4.69, 9.17) is 0 Å². The SMILES string of the molecule is CN(C(=O)n1nnn(C2CC2)c1=O)c1cccnc1. The molecule has 0 atom stereocenters. The van der Waals surface area contributed by atoms with Gasteiger partial charge < -0.3 is 0 Å². The normalized spacial score (nSPS) is 14.4. The standard InChI is InChI=1S/C11H12N6O2/c1-15(9-3-2-6-12-7-9)10(18)17-11(19)16(13-14-17)8-4-5-8/h2-3,6-8H,4-5H2,1H3. The Morgan fingerprint density at radius 1 is 1.42 bits per heavy atom. The van der Waals surface area contributed by atoms with Crippen molar-refractivity contribution in [1.82, 2.24) is 24.8 Å². The van der Waals surface area contributed by atoms with Crippen molar-refractivity contribution in [3.8, 4) is 0 Å². The molecule has 1 fully saturated rings. The smallest absolute Gasteiger partial charge is 0.294 e. The van der Waals surface area contributed by atoms with E-state index in [0.29, 0.717) is 5.69 Å². The lowest BCUT2D eigenvalue weighted by Gasteiger charge is -2.14. The minimum absolute atomic E-state index is 0.0951. The maximum Gasteiger partial charge on any atom is 0.372 e. The number of nitrogens with zero attached hydrogens (tertiary/aromatic N) is 6. The van der Waals surface area contributed by atoms with E-state index < -0.39 is 11.7 Å². The van der Waals surface area contributed by atoms with Crippen LogP contribution in [0.1, 0.15) is 18.9 Å². The predicted octanol–water partition coefficient (Wildman–Crippen LogP) is 0.274. The van der Waals surface area contributed by atoms with Gasteiger partial charge in [0, 0.05) is 13.2 Å². The number of rotatable bonds is 2. The Morgan fingerprint density at radius 2 is 2.21 bits per heavy atom. The number of aromatic nitrogens is 5. The minimum Gasteiger partial charge on any atom is -0.294 e. The molecule has 19 heavy (non-hydrogen) atoms. The zero-order chi connectivity index (χ0) is 13.4. The van der Waals surface area contributed by atoms with Crippen LogP contribution < -0.4 is 10.6 Å². The molecule has 2 heterocycles. The lowest BCUT2D eigenvalue weighted by atomic mass is 10.4. The van der Waals surface area contributed by atoms with Crippen molar-refractivity contribution in [3.05, 3.63) is 35.0 Å². The van der Waals surface area contributed by atoms with Gasteiger partial charge in [-0.05, 0) is 35.4 Å². The maximum absolute atomic E-state index is 12.2. The van der Waals surface area contributed by atoms with Crippen molar-refractivity contribution in [3.63, 3.8) is 0 Å². The monoisotopic (exact) mass is 260 g/mol. The second-order valence-electron chi connectivity index (χ2n) is 4.40. The maximum atomic E-state index is 12.2. The van der Waals surface area contributed by atoms with E-state index in [-0.39, 0.29) is 6.04 Å². The molecular weight excluding hydrogens is 248 g/mol. The molecule has 1 aliphatic carbocycles. The first-order valence-electron chi connectivity index (χ1n) is 5.91. The van der Waals surface area contributed by atoms with Crippen LogP contribution in [0, 0.1) is 0 Å². The van der Waals surface area contributed by atoms with E-state index in [0.717, 1.165) is 17.5 Å². The third-order valence-corrected chi connectivity index (χ3v) is 3.00. The molecule has 1 saturated carbocycles. The van der Waals surface area contributed by atoms with Gasteiger partial charge in [0.15, 0.2) is 0 Å². The molecule has 0 bridgehead atoms. The number of anilines is 1. The largest absolute Gasteiger partial charge is 0.372 e. The molecule has 1 aliphatic rings. The molecule has 8 nitrogen and oxygen atoms in total. The number of pyridine rings is 1. The van der Waals surface area contributed by atoms with Gasteiger partial charge in [0.1, 0.15) is 0 Å². The van der Waals surface area contributed by atoms with Crippen LogP contribution in [0.4, 0.5) is 10.5 Å². The van der Waals surface area contributed by atoms with Crippen LogP contribution >= 0.6 is 0 Å². The molecule has 0 aliphatic heterocycles. The van der Waals surface area contributed by atoms with Crippen molar-refractivity contribution < 1.29 is 4.79 Å². The molecule has 0 N–H and O–H groups in total. The molecule has 0 unspecified atom stereocenters. The molecule has 0 saturated heterocycles. The van der Waals surface area contributed by atoms with Gasteiger partial charge in [-0.2, -0.15) is 4.68 Å². The fraction of sp³-hybridized carbons (Fsp3) is 0.364. The highest BCUT2D eigenvalue weighted by molar-refractivity contribution is 5.91. The zero-order valence-corrected chi connectivity index (χ0v) is 10.3. The third kappa shape index (κ3) is 2.01. The second-order valence-corrected chi connectivity index (χ2v) is 4.40. The first-order valence-corrected chi connectivity index (χ1v) is 5.91. The number of hydrogen-bond donors (Lipinski definition) is 0. The van der Waals surface area contributed by atoms with Crippen molar-refractivity contribution in [1.29, 1.82) is 0 Å². The topological polar surface area (TPSA) is 85.9 Å². The molecule has 2 aromatic heterocycles. The van der Waals surface area contributed by atoms with Crippen LogP contribution in [0.5, 0.6) is 0 Å². The van der Waals surface area contributed by atoms with E-state index in [1.165, 1.54) is 15.8 Å². The molecule has 0 radical (unpaired) electrons. The summed E-state index contributed by atoms with van der Waals surface area (Å²) in [5, 5.41) is 7.36. The Labute approximate surface area is 108 Å². The van der Waals surface area contributed by atoms with Crippen LogP contribution in [0.15, 0.2) is 29.3 Å². The average molecular weight is 260 g/mol. The van der Waals surface area contributed by atoms with E-state index in [2.05, 4.69) is 15.4 Å². The van der Waals surface area contributed by atoms with Gasteiger partial charge in [0.2, 0.25) is 0 Å². The molecule has 1 amide bonds. The molecule has 98 valence electrons. The first-order chi connectivity index (χ1) is 9.18. The van der Waals surface area contributed by atoms with Crippen LogP contribution in [0.3, 0.4) is 0 Å². The molecular formula is C11H12N6O2. The number of carbonyl (C=O) groups excluding carboxylic acids is 1. The summed E-state index contributed by atoms with van der Waals surface area (Å²) in [5.74, 6) is 0. The number of carbonyl (C=O) groups is 1. The number of tetrazole rings is 1. The van der Waals surface area contributed by atoms with Crippen LogP contribution in [0.25, 0.3) is 0 Å². The van der Waals surface area contributed by atoms with Gasteiger partial charge in [0.05, 0.1) is 17.9 Å². The molecule has 0 aromatic carbocycles. The summed E-state index contributed by atoms with van der Waals surface area (Å²) in [6.45, 7) is 0. The summed E-state index contributed by atoms with van der Waals surface area (Å²) in [5.41, 5.74) is 0.0867. The van der Waals surface area contributed by atoms with Gasteiger partial charge in [0.25, 0.3) is 0 Å². The van der Waals surface area contributed by atoms with Crippen molar-refractivity contribution in [2.75, 3.05) is 11.9 Å². The molecule has 3 rings (SSSR count). The predicted molar refractivity (Wildman–Crippen MR) is 66.0 cm³/mol. The third-order valence-electron chi connectivity index (χ3n) is 3.00. The highest BCUT2D eigenvalue weighted by Gasteiger charge is 2.29. The van der Waals surface area contributed by atoms with Gasteiger partial charge in [-0.25, -0.2) is 9.59 Å². The summed E-state index contributed by atoms with van der Waals surface area (Å²) in [6.07, 6.45) is 4.96. The molecule has 0 spiro atoms. The van der Waals surface area contributed by atoms with Gasteiger partial charge in [-0.3, -0.25) is 9.88 Å². The lowest BCUT2D eigenvalue weighted by molar-refractivity contribution is 0.245. The van der Waals surface area contributed by atoms with E-state index in [1.54, 1.807) is 25.4 Å². The quantitative estimate of drug-likeness (QED) is 0.724. The summed E-state index contributed by atoms with van der Waals surface area (Å²) >= 11 is 0. The summed E-state index contributed by atoms with van der Waals surface area (Å²) in [7, 11) is 1.56. The summed E-state index contributed by atoms with van der Waals surface area (Å²) in [4.78, 5) is 29.4. The van der Waals surface area contributed by atoms with Gasteiger partial charge in [-0.1, -0.05) is 0 Å². The van der Waals surface area contributed by atoms with Crippen molar-refractivity contribution in [2.24, 2.45) is 0 Å². The Bertz CT molecular complexity index is 657. The lowest BCUT2D eigenvalue weighted by Crippen LogP contribution is -2.39. The van der Waals surface area contributed by atoms with Crippen molar-refractivity contribution >= 4 is 11.7 Å². The zero-order valence-electron chi connectivity index (χ0n) is 10.3. The highest BCUT2D eigenvalue weighted by Crippen LogP contribution is 2.32. The van der Waals surface area contributed by atoms with E-state index >= 15 is 0 Å². The Morgan fingerprint density at radius 3 is 2.84 bits per heavy atom. The molecule has 2 aromatic rings. The van der Waals surface area contributed by atoms with Gasteiger partial charge in [-0.15, -0.1) is 4.68 Å². The Kier molecular flexibility index (Phi) is 2.62. The minimum atomic E-state index is -0.551. The van der Waals surface area contributed by atoms with Gasteiger partial charge >= 0.3 is 11.7 Å². The van der Waals surface area contributed by atoms with E-state index in [9.17, 15) is 9.59 Å². The fourth-order valence-corrected chi connectivity index (χ4v) is 1.73. The van der Waals surface area contributed by atoms with Crippen LogP contribution in [0.2, 0.25) is 0 Å². The Hall–Kier alpha value is -2.51. The average Bonchev–Trinajstić information content (AvgIpc) is 3.21. The van der Waals surface area contributed by atoms with Crippen LogP contribution in [-0.4, -0.2) is 37.9 Å².